The number of hydrogen-bond acceptors (Lipinski definition) is 3. The van der Waals surface area contributed by atoms with E-state index in [0.29, 0.717) is 12.6 Å². The van der Waals surface area contributed by atoms with E-state index < -0.39 is 0 Å². The van der Waals surface area contributed by atoms with E-state index in [9.17, 15) is 0 Å². The molecule has 0 aliphatic heterocycles. The van der Waals surface area contributed by atoms with E-state index in [1.807, 2.05) is 6.92 Å². The SMILES string of the molecule is CC(C)NCCOC(C)C(C)O. The van der Waals surface area contributed by atoms with E-state index in [-0.39, 0.29) is 12.2 Å². The Morgan fingerprint density at radius 3 is 2.25 bits per heavy atom. The van der Waals surface area contributed by atoms with E-state index in [2.05, 4.69) is 19.2 Å². The summed E-state index contributed by atoms with van der Waals surface area (Å²) < 4.78 is 5.34. The van der Waals surface area contributed by atoms with Gasteiger partial charge in [-0.1, -0.05) is 13.8 Å². The summed E-state index contributed by atoms with van der Waals surface area (Å²) in [6.07, 6.45) is -0.456. The van der Waals surface area contributed by atoms with Gasteiger partial charge in [-0.2, -0.15) is 0 Å². The van der Waals surface area contributed by atoms with E-state index in [1.165, 1.54) is 0 Å². The molecule has 12 heavy (non-hydrogen) atoms. The third-order valence-corrected chi connectivity index (χ3v) is 1.71. The van der Waals surface area contributed by atoms with Crippen molar-refractivity contribution in [2.45, 2.75) is 45.9 Å². The van der Waals surface area contributed by atoms with Crippen molar-refractivity contribution in [1.29, 1.82) is 0 Å². The summed E-state index contributed by atoms with van der Waals surface area (Å²) in [6.45, 7) is 9.30. The van der Waals surface area contributed by atoms with Gasteiger partial charge in [-0.05, 0) is 13.8 Å². The van der Waals surface area contributed by atoms with Gasteiger partial charge in [-0.15, -0.1) is 0 Å². The van der Waals surface area contributed by atoms with Crippen LogP contribution < -0.4 is 5.32 Å². The number of aliphatic hydroxyl groups is 1. The van der Waals surface area contributed by atoms with Crippen molar-refractivity contribution >= 4 is 0 Å². The predicted molar refractivity (Wildman–Crippen MR) is 50.2 cm³/mol. The number of rotatable bonds is 6. The molecule has 0 aromatic heterocycles. The monoisotopic (exact) mass is 175 g/mol. The van der Waals surface area contributed by atoms with E-state index in [4.69, 9.17) is 9.84 Å². The van der Waals surface area contributed by atoms with Gasteiger partial charge in [0.2, 0.25) is 0 Å². The Morgan fingerprint density at radius 1 is 1.25 bits per heavy atom. The molecule has 0 radical (unpaired) electrons. The lowest BCUT2D eigenvalue weighted by atomic mass is 10.3. The van der Waals surface area contributed by atoms with Crippen molar-refractivity contribution in [3.63, 3.8) is 0 Å². The highest BCUT2D eigenvalue weighted by molar-refractivity contribution is 4.58. The van der Waals surface area contributed by atoms with Crippen LogP contribution in [0.3, 0.4) is 0 Å². The van der Waals surface area contributed by atoms with E-state index in [1.54, 1.807) is 6.92 Å². The van der Waals surface area contributed by atoms with Crippen LogP contribution in [0.15, 0.2) is 0 Å². The lowest BCUT2D eigenvalue weighted by molar-refractivity contribution is -0.0169. The molecule has 2 unspecified atom stereocenters. The van der Waals surface area contributed by atoms with Gasteiger partial charge in [0, 0.05) is 12.6 Å². The highest BCUT2D eigenvalue weighted by atomic mass is 16.5. The van der Waals surface area contributed by atoms with Crippen LogP contribution >= 0.6 is 0 Å². The fourth-order valence-corrected chi connectivity index (χ4v) is 0.732. The number of hydrogen-bond donors (Lipinski definition) is 2. The first-order valence-electron chi connectivity index (χ1n) is 4.57. The second-order valence-corrected chi connectivity index (χ2v) is 3.43. The van der Waals surface area contributed by atoms with Crippen molar-refractivity contribution < 1.29 is 9.84 Å². The fourth-order valence-electron chi connectivity index (χ4n) is 0.732. The molecule has 0 aromatic rings. The molecule has 0 spiro atoms. The predicted octanol–water partition coefficient (Wildman–Crippen LogP) is 0.770. The zero-order valence-corrected chi connectivity index (χ0v) is 8.50. The van der Waals surface area contributed by atoms with Gasteiger partial charge >= 0.3 is 0 Å². The highest BCUT2D eigenvalue weighted by Crippen LogP contribution is 1.96. The van der Waals surface area contributed by atoms with Crippen LogP contribution in [0.2, 0.25) is 0 Å². The molecule has 3 nitrogen and oxygen atoms in total. The van der Waals surface area contributed by atoms with Crippen molar-refractivity contribution in [3.05, 3.63) is 0 Å². The van der Waals surface area contributed by atoms with Gasteiger partial charge in [0.05, 0.1) is 18.8 Å². The first-order chi connectivity index (χ1) is 5.54. The van der Waals surface area contributed by atoms with Gasteiger partial charge in [0.15, 0.2) is 0 Å². The molecule has 0 rings (SSSR count). The number of ether oxygens (including phenoxy) is 1. The average Bonchev–Trinajstić information content (AvgIpc) is 1.97. The first kappa shape index (κ1) is 11.9. The summed E-state index contributed by atoms with van der Waals surface area (Å²) in [5.41, 5.74) is 0. The van der Waals surface area contributed by atoms with Crippen LogP contribution in [-0.2, 0) is 4.74 Å². The maximum atomic E-state index is 9.08. The molecule has 74 valence electrons. The first-order valence-corrected chi connectivity index (χ1v) is 4.57. The Hall–Kier alpha value is -0.120. The Morgan fingerprint density at radius 2 is 1.83 bits per heavy atom. The van der Waals surface area contributed by atoms with Gasteiger partial charge in [0.25, 0.3) is 0 Å². The summed E-state index contributed by atoms with van der Waals surface area (Å²) in [7, 11) is 0. The molecule has 0 aromatic carbocycles. The zero-order valence-electron chi connectivity index (χ0n) is 8.50. The zero-order chi connectivity index (χ0) is 9.56. The molecular formula is C9H21NO2. The second kappa shape index (κ2) is 6.40. The lowest BCUT2D eigenvalue weighted by Gasteiger charge is -2.16. The molecular weight excluding hydrogens is 154 g/mol. The van der Waals surface area contributed by atoms with Crippen molar-refractivity contribution in [3.8, 4) is 0 Å². The van der Waals surface area contributed by atoms with Crippen LogP contribution in [0.4, 0.5) is 0 Å². The third-order valence-electron chi connectivity index (χ3n) is 1.71. The van der Waals surface area contributed by atoms with E-state index >= 15 is 0 Å². The normalized spacial score (nSPS) is 16.5. The van der Waals surface area contributed by atoms with Crippen LogP contribution in [0, 0.1) is 0 Å². The molecule has 2 N–H and O–H groups in total. The summed E-state index contributed by atoms with van der Waals surface area (Å²) in [5.74, 6) is 0. The van der Waals surface area contributed by atoms with Crippen LogP contribution in [0.5, 0.6) is 0 Å². The molecule has 0 amide bonds. The average molecular weight is 175 g/mol. The van der Waals surface area contributed by atoms with Crippen LogP contribution in [0.1, 0.15) is 27.7 Å². The van der Waals surface area contributed by atoms with Gasteiger partial charge in [-0.25, -0.2) is 0 Å². The molecule has 0 aliphatic rings. The van der Waals surface area contributed by atoms with Gasteiger partial charge in [0.1, 0.15) is 0 Å². The highest BCUT2D eigenvalue weighted by Gasteiger charge is 2.07. The minimum Gasteiger partial charge on any atom is -0.391 e. The van der Waals surface area contributed by atoms with Crippen molar-refractivity contribution in [2.75, 3.05) is 13.2 Å². The summed E-state index contributed by atoms with van der Waals surface area (Å²) in [6, 6.07) is 0.496. The van der Waals surface area contributed by atoms with E-state index in [0.717, 1.165) is 6.54 Å². The minimum absolute atomic E-state index is 0.0704. The quantitative estimate of drug-likeness (QED) is 0.586. The van der Waals surface area contributed by atoms with Crippen molar-refractivity contribution in [2.24, 2.45) is 0 Å². The Kier molecular flexibility index (Phi) is 6.34. The Bertz CT molecular complexity index is 105. The number of aliphatic hydroxyl groups excluding tert-OH is 1. The smallest absolute Gasteiger partial charge is 0.0803 e. The van der Waals surface area contributed by atoms with Crippen LogP contribution in [0.25, 0.3) is 0 Å². The topological polar surface area (TPSA) is 41.5 Å². The molecule has 0 saturated heterocycles. The number of nitrogens with one attached hydrogen (secondary N) is 1. The van der Waals surface area contributed by atoms with Crippen LogP contribution in [-0.4, -0.2) is 36.5 Å². The standard InChI is InChI=1S/C9H21NO2/c1-7(2)10-5-6-12-9(4)8(3)11/h7-11H,5-6H2,1-4H3. The molecule has 0 bridgehead atoms. The molecule has 2 atom stereocenters. The Balaban J connectivity index is 3.20. The Labute approximate surface area is 75.1 Å². The fraction of sp³-hybridized carbons (Fsp3) is 1.00. The van der Waals surface area contributed by atoms with Crippen molar-refractivity contribution in [1.82, 2.24) is 5.32 Å². The molecule has 0 heterocycles. The minimum atomic E-state index is -0.385. The summed E-state index contributed by atoms with van der Waals surface area (Å²) in [4.78, 5) is 0. The molecule has 0 aliphatic carbocycles. The maximum Gasteiger partial charge on any atom is 0.0803 e. The van der Waals surface area contributed by atoms with Gasteiger partial charge in [-0.3, -0.25) is 0 Å². The largest absolute Gasteiger partial charge is 0.391 e. The molecule has 3 heteroatoms. The molecule has 0 saturated carbocycles. The third kappa shape index (κ3) is 6.58. The second-order valence-electron chi connectivity index (χ2n) is 3.43. The lowest BCUT2D eigenvalue weighted by Crippen LogP contribution is -2.30. The summed E-state index contributed by atoms with van der Waals surface area (Å²) in [5, 5.41) is 12.3. The molecule has 0 fully saturated rings. The maximum absolute atomic E-state index is 9.08. The summed E-state index contributed by atoms with van der Waals surface area (Å²) >= 11 is 0. The van der Waals surface area contributed by atoms with Gasteiger partial charge < -0.3 is 15.2 Å².